The largest absolute Gasteiger partial charge is 0.493 e. The molecule has 0 heterocycles. The molecule has 2 rings (SSSR count). The molecule has 1 aromatic carbocycles. The molecule has 1 aliphatic carbocycles. The van der Waals surface area contributed by atoms with Crippen molar-refractivity contribution in [1.29, 1.82) is 5.26 Å². The molecule has 0 aromatic heterocycles. The monoisotopic (exact) mass is 332 g/mol. The summed E-state index contributed by atoms with van der Waals surface area (Å²) in [5, 5.41) is 23.1. The van der Waals surface area contributed by atoms with Gasteiger partial charge in [0.15, 0.2) is 5.75 Å². The molecule has 0 spiro atoms. The van der Waals surface area contributed by atoms with Crippen LogP contribution < -0.4 is 20.5 Å². The molecule has 0 atom stereocenters. The molecule has 0 radical (unpaired) electrons. The highest BCUT2D eigenvalue weighted by molar-refractivity contribution is 6.04. The summed E-state index contributed by atoms with van der Waals surface area (Å²) in [7, 11) is 2.59. The molecular formula is C15H16N4O5. The first-order chi connectivity index (χ1) is 11.4. The van der Waals surface area contributed by atoms with Crippen LogP contribution >= 0.6 is 0 Å². The van der Waals surface area contributed by atoms with Gasteiger partial charge in [0.25, 0.3) is 5.91 Å². The number of amides is 1. The van der Waals surface area contributed by atoms with Gasteiger partial charge in [0.2, 0.25) is 5.75 Å². The maximum atomic E-state index is 12.1. The summed E-state index contributed by atoms with van der Waals surface area (Å²) in [6.45, 7) is 0. The number of nitrogens with zero attached hydrogens (tertiary/aromatic N) is 2. The lowest BCUT2D eigenvalue weighted by atomic mass is 10.0. The molecular weight excluding hydrogens is 316 g/mol. The number of ether oxygens (including phenoxy) is 2. The fourth-order valence-electron chi connectivity index (χ4n) is 2.10. The van der Waals surface area contributed by atoms with E-state index < -0.39 is 10.8 Å². The van der Waals surface area contributed by atoms with Crippen LogP contribution in [0.1, 0.15) is 18.4 Å². The zero-order valence-electron chi connectivity index (χ0n) is 13.2. The molecule has 1 aromatic rings. The van der Waals surface area contributed by atoms with Gasteiger partial charge >= 0.3 is 5.69 Å². The summed E-state index contributed by atoms with van der Waals surface area (Å²) in [5.74, 6) is -0.598. The molecule has 1 aliphatic rings. The van der Waals surface area contributed by atoms with Crippen LogP contribution in [0, 0.1) is 21.4 Å². The van der Waals surface area contributed by atoms with Crippen LogP contribution in [0.25, 0.3) is 5.70 Å². The van der Waals surface area contributed by atoms with Gasteiger partial charge in [-0.05, 0) is 18.9 Å². The zero-order chi connectivity index (χ0) is 17.9. The number of nitro benzene ring substituents is 1. The van der Waals surface area contributed by atoms with E-state index in [1.54, 1.807) is 6.07 Å². The molecule has 0 bridgehead atoms. The molecule has 3 N–H and O–H groups in total. The predicted octanol–water partition coefficient (Wildman–Crippen LogP) is 1.08. The maximum Gasteiger partial charge on any atom is 0.315 e. The quantitative estimate of drug-likeness (QED) is 0.344. The van der Waals surface area contributed by atoms with Crippen molar-refractivity contribution in [2.75, 3.05) is 14.2 Å². The predicted molar refractivity (Wildman–Crippen MR) is 84.1 cm³/mol. The first-order valence-electron chi connectivity index (χ1n) is 7.04. The number of nitriles is 1. The Hall–Kier alpha value is -3.28. The van der Waals surface area contributed by atoms with E-state index in [-0.39, 0.29) is 40.1 Å². The average molecular weight is 332 g/mol. The van der Waals surface area contributed by atoms with E-state index in [0.29, 0.717) is 0 Å². The number of hydrogen-bond donors (Lipinski definition) is 2. The molecule has 126 valence electrons. The highest BCUT2D eigenvalue weighted by atomic mass is 16.6. The third-order valence-corrected chi connectivity index (χ3v) is 3.49. The Labute approximate surface area is 137 Å². The Morgan fingerprint density at radius 3 is 2.54 bits per heavy atom. The molecule has 0 saturated heterocycles. The molecule has 0 aliphatic heterocycles. The van der Waals surface area contributed by atoms with E-state index in [4.69, 9.17) is 15.2 Å². The van der Waals surface area contributed by atoms with Gasteiger partial charge in [-0.1, -0.05) is 0 Å². The maximum absolute atomic E-state index is 12.1. The minimum Gasteiger partial charge on any atom is -0.493 e. The third-order valence-electron chi connectivity index (χ3n) is 3.49. The van der Waals surface area contributed by atoms with Crippen molar-refractivity contribution in [2.45, 2.75) is 18.9 Å². The highest BCUT2D eigenvalue weighted by Gasteiger charge is 2.27. The SMILES string of the molecule is COc1cc(/C(N)=C(\C#N)C(=O)NC2CC2)cc([N+](=O)[O-])c1OC. The smallest absolute Gasteiger partial charge is 0.315 e. The Morgan fingerprint density at radius 1 is 1.42 bits per heavy atom. The second-order valence-corrected chi connectivity index (χ2v) is 5.14. The Kier molecular flexibility index (Phi) is 4.89. The minimum atomic E-state index is -0.658. The van der Waals surface area contributed by atoms with E-state index in [0.717, 1.165) is 18.9 Å². The van der Waals surface area contributed by atoms with E-state index >= 15 is 0 Å². The van der Waals surface area contributed by atoms with Crippen molar-refractivity contribution < 1.29 is 19.2 Å². The van der Waals surface area contributed by atoms with Crippen molar-refractivity contribution >= 4 is 17.3 Å². The lowest BCUT2D eigenvalue weighted by molar-refractivity contribution is -0.385. The Morgan fingerprint density at radius 2 is 2.08 bits per heavy atom. The van der Waals surface area contributed by atoms with Crippen LogP contribution in [0.5, 0.6) is 11.5 Å². The second kappa shape index (κ2) is 6.87. The Balaban J connectivity index is 2.54. The Bertz CT molecular complexity index is 762. The van der Waals surface area contributed by atoms with Crippen molar-refractivity contribution in [3.05, 3.63) is 33.4 Å². The van der Waals surface area contributed by atoms with Gasteiger partial charge in [0.05, 0.1) is 24.8 Å². The summed E-state index contributed by atoms with van der Waals surface area (Å²) >= 11 is 0. The van der Waals surface area contributed by atoms with Crippen LogP contribution in [0.15, 0.2) is 17.7 Å². The zero-order valence-corrected chi connectivity index (χ0v) is 13.2. The van der Waals surface area contributed by atoms with Gasteiger partial charge in [-0.15, -0.1) is 0 Å². The number of carbonyl (C=O) groups excluding carboxylic acids is 1. The van der Waals surface area contributed by atoms with Crippen LogP contribution in [-0.2, 0) is 4.79 Å². The van der Waals surface area contributed by atoms with Crippen LogP contribution in [0.4, 0.5) is 5.69 Å². The van der Waals surface area contributed by atoms with Gasteiger partial charge in [0, 0.05) is 17.7 Å². The number of carbonyl (C=O) groups is 1. The lowest BCUT2D eigenvalue weighted by Gasteiger charge is -2.12. The van der Waals surface area contributed by atoms with E-state index in [1.807, 2.05) is 0 Å². The van der Waals surface area contributed by atoms with Crippen LogP contribution in [0.3, 0.4) is 0 Å². The van der Waals surface area contributed by atoms with Crippen LogP contribution in [-0.4, -0.2) is 31.1 Å². The standard InChI is InChI=1S/C15H16N4O5/c1-23-12-6-8(5-11(19(21)22)14(12)24-2)13(17)10(7-16)15(20)18-9-3-4-9/h5-6,9H,3-4,17H2,1-2H3,(H,18,20)/b13-10-. The first kappa shape index (κ1) is 17.1. The summed E-state index contributed by atoms with van der Waals surface area (Å²) in [6, 6.07) is 4.31. The molecule has 1 saturated carbocycles. The number of rotatable bonds is 6. The fourth-order valence-corrected chi connectivity index (χ4v) is 2.10. The van der Waals surface area contributed by atoms with Crippen molar-refractivity contribution in [3.8, 4) is 17.6 Å². The first-order valence-corrected chi connectivity index (χ1v) is 7.04. The van der Waals surface area contributed by atoms with Gasteiger partial charge in [-0.25, -0.2) is 0 Å². The van der Waals surface area contributed by atoms with Gasteiger partial charge in [-0.2, -0.15) is 5.26 Å². The average Bonchev–Trinajstić information content (AvgIpc) is 3.37. The van der Waals surface area contributed by atoms with E-state index in [2.05, 4.69) is 5.32 Å². The number of nitrogens with one attached hydrogen (secondary N) is 1. The normalized spacial score (nSPS) is 14.2. The summed E-state index contributed by atoms with van der Waals surface area (Å²) in [4.78, 5) is 22.6. The molecule has 9 nitrogen and oxygen atoms in total. The topological polar surface area (TPSA) is 141 Å². The number of benzene rings is 1. The summed E-state index contributed by atoms with van der Waals surface area (Å²) < 4.78 is 10.1. The number of methoxy groups -OCH3 is 2. The number of nitrogens with two attached hydrogens (primary N) is 1. The highest BCUT2D eigenvalue weighted by Crippen LogP contribution is 2.39. The molecule has 1 fully saturated rings. The molecule has 1 amide bonds. The van der Waals surface area contributed by atoms with Crippen molar-refractivity contribution in [3.63, 3.8) is 0 Å². The third kappa shape index (κ3) is 3.38. The lowest BCUT2D eigenvalue weighted by Crippen LogP contribution is -2.28. The molecule has 9 heteroatoms. The van der Waals surface area contributed by atoms with E-state index in [1.165, 1.54) is 20.3 Å². The minimum absolute atomic E-state index is 0.0494. The van der Waals surface area contributed by atoms with Crippen LogP contribution in [0.2, 0.25) is 0 Å². The molecule has 24 heavy (non-hydrogen) atoms. The number of hydrogen-bond acceptors (Lipinski definition) is 7. The number of nitro groups is 1. The summed E-state index contributed by atoms with van der Waals surface area (Å²) in [5.41, 5.74) is 5.19. The van der Waals surface area contributed by atoms with Crippen molar-refractivity contribution in [1.82, 2.24) is 5.32 Å². The fraction of sp³-hybridized carbons (Fsp3) is 0.333. The van der Waals surface area contributed by atoms with Crippen molar-refractivity contribution in [2.24, 2.45) is 5.73 Å². The van der Waals surface area contributed by atoms with Gasteiger partial charge < -0.3 is 20.5 Å². The van der Waals surface area contributed by atoms with Gasteiger partial charge in [0.1, 0.15) is 11.6 Å². The van der Waals surface area contributed by atoms with E-state index in [9.17, 15) is 20.2 Å². The summed E-state index contributed by atoms with van der Waals surface area (Å²) in [6.07, 6.45) is 1.71. The molecule has 0 unspecified atom stereocenters. The second-order valence-electron chi connectivity index (χ2n) is 5.14. The van der Waals surface area contributed by atoms with Gasteiger partial charge in [-0.3, -0.25) is 14.9 Å².